The van der Waals surface area contributed by atoms with Crippen LogP contribution in [0.2, 0.25) is 0 Å². The van der Waals surface area contributed by atoms with Crippen molar-refractivity contribution in [2.24, 2.45) is 0 Å². The van der Waals surface area contributed by atoms with Gasteiger partial charge in [-0.1, -0.05) is 30.3 Å². The van der Waals surface area contributed by atoms with Crippen LogP contribution in [0.5, 0.6) is 5.75 Å². The molecule has 0 bridgehead atoms. The molecule has 0 aliphatic rings. The molecule has 6 heteroatoms. The molecule has 2 aromatic rings. The molecule has 0 heterocycles. The first-order chi connectivity index (χ1) is 10.1. The number of carbonyl (C=O) groups is 1. The zero-order valence-electron chi connectivity index (χ0n) is 11.1. The summed E-state index contributed by atoms with van der Waals surface area (Å²) >= 11 is 0. The maximum Gasteiger partial charge on any atom is 0.319 e. The van der Waals surface area contributed by atoms with Gasteiger partial charge in [0.25, 0.3) is 0 Å². The highest BCUT2D eigenvalue weighted by molar-refractivity contribution is 5.89. The third kappa shape index (κ3) is 4.17. The minimum atomic E-state index is -1.13. The van der Waals surface area contributed by atoms with Crippen molar-refractivity contribution in [2.45, 2.75) is 6.42 Å². The summed E-state index contributed by atoms with van der Waals surface area (Å²) in [5, 5.41) is 13.8. The molecule has 3 N–H and O–H groups in total. The van der Waals surface area contributed by atoms with Crippen molar-refractivity contribution in [3.8, 4) is 5.75 Å². The Bertz CT molecular complexity index is 610. The Kier molecular flexibility index (Phi) is 4.71. The lowest BCUT2D eigenvalue weighted by atomic mass is 10.1. The van der Waals surface area contributed by atoms with Gasteiger partial charge in [-0.05, 0) is 12.0 Å². The molecule has 2 amide bonds. The second kappa shape index (κ2) is 6.69. The van der Waals surface area contributed by atoms with Crippen LogP contribution in [0, 0.1) is 11.6 Å². The molecule has 0 fully saturated rings. The van der Waals surface area contributed by atoms with Crippen molar-refractivity contribution < 1.29 is 18.7 Å². The fourth-order valence-electron chi connectivity index (χ4n) is 1.78. The molecule has 0 aromatic heterocycles. The molecular formula is C15H14F2N2O2. The van der Waals surface area contributed by atoms with Gasteiger partial charge in [-0.3, -0.25) is 0 Å². The molecule has 0 radical (unpaired) electrons. The number of amides is 2. The normalized spacial score (nSPS) is 10.2. The molecule has 0 spiro atoms. The van der Waals surface area contributed by atoms with Crippen molar-refractivity contribution in [1.82, 2.24) is 5.32 Å². The summed E-state index contributed by atoms with van der Waals surface area (Å²) in [7, 11) is 0. The summed E-state index contributed by atoms with van der Waals surface area (Å²) < 4.78 is 26.2. The lowest BCUT2D eigenvalue weighted by Gasteiger charge is -2.08. The van der Waals surface area contributed by atoms with E-state index in [1.165, 1.54) is 0 Å². The van der Waals surface area contributed by atoms with Gasteiger partial charge in [-0.25, -0.2) is 13.6 Å². The zero-order chi connectivity index (χ0) is 15.2. The van der Waals surface area contributed by atoms with Crippen molar-refractivity contribution >= 4 is 11.7 Å². The Hall–Kier alpha value is -2.63. The highest BCUT2D eigenvalue weighted by Crippen LogP contribution is 2.23. The average molecular weight is 292 g/mol. The Morgan fingerprint density at radius 2 is 1.71 bits per heavy atom. The van der Waals surface area contributed by atoms with Crippen molar-refractivity contribution in [2.75, 3.05) is 11.9 Å². The third-order valence-corrected chi connectivity index (χ3v) is 2.82. The maximum atomic E-state index is 13.1. The summed E-state index contributed by atoms with van der Waals surface area (Å²) in [6.45, 7) is 0.388. The van der Waals surface area contributed by atoms with Gasteiger partial charge in [0, 0.05) is 24.4 Å². The lowest BCUT2D eigenvalue weighted by molar-refractivity contribution is 0.252. The molecule has 2 rings (SSSR count). The van der Waals surface area contributed by atoms with Crippen LogP contribution >= 0.6 is 0 Å². The molecule has 0 aliphatic heterocycles. The van der Waals surface area contributed by atoms with E-state index in [4.69, 9.17) is 5.11 Å². The van der Waals surface area contributed by atoms with Crippen LogP contribution < -0.4 is 10.6 Å². The van der Waals surface area contributed by atoms with E-state index in [0.717, 1.165) is 17.7 Å². The first-order valence-corrected chi connectivity index (χ1v) is 6.33. The quantitative estimate of drug-likeness (QED) is 0.759. The fraction of sp³-hybridized carbons (Fsp3) is 0.133. The van der Waals surface area contributed by atoms with Gasteiger partial charge < -0.3 is 15.7 Å². The van der Waals surface area contributed by atoms with Crippen molar-refractivity contribution in [1.29, 1.82) is 0 Å². The number of hydrogen-bond acceptors (Lipinski definition) is 2. The van der Waals surface area contributed by atoms with Crippen LogP contribution in [0.4, 0.5) is 19.3 Å². The van der Waals surface area contributed by atoms with Gasteiger partial charge in [0.15, 0.2) is 17.4 Å². The summed E-state index contributed by atoms with van der Waals surface area (Å²) in [6, 6.07) is 10.7. The predicted molar refractivity (Wildman–Crippen MR) is 75.2 cm³/mol. The Labute approximate surface area is 120 Å². The number of anilines is 1. The highest BCUT2D eigenvalue weighted by atomic mass is 19.1. The van der Waals surface area contributed by atoms with Crippen molar-refractivity contribution in [3.63, 3.8) is 0 Å². The summed E-state index contributed by atoms with van der Waals surface area (Å²) in [5.41, 5.74) is 1.000. The van der Waals surface area contributed by atoms with Gasteiger partial charge in [0.05, 0.1) is 0 Å². The Morgan fingerprint density at radius 3 is 2.33 bits per heavy atom. The number of phenols is 1. The number of phenolic OH excluding ortho intramolecular Hbond substituents is 1. The second-order valence-corrected chi connectivity index (χ2v) is 4.40. The number of carbonyl (C=O) groups excluding carboxylic acids is 1. The molecule has 2 aromatic carbocycles. The van der Waals surface area contributed by atoms with Gasteiger partial charge in [0.1, 0.15) is 0 Å². The largest absolute Gasteiger partial charge is 0.503 e. The topological polar surface area (TPSA) is 61.4 Å². The molecule has 0 saturated heterocycles. The Balaban J connectivity index is 1.85. The standard InChI is InChI=1S/C15H14F2N2O2/c16-12-8-11(9-13(17)14(12)20)19-15(21)18-7-6-10-4-2-1-3-5-10/h1-5,8-9,20H,6-7H2,(H2,18,19,21). The first kappa shape index (κ1) is 14.8. The number of benzene rings is 2. The van der Waals surface area contributed by atoms with Gasteiger partial charge in [0.2, 0.25) is 0 Å². The smallest absolute Gasteiger partial charge is 0.319 e. The highest BCUT2D eigenvalue weighted by Gasteiger charge is 2.11. The molecule has 4 nitrogen and oxygen atoms in total. The van der Waals surface area contributed by atoms with Gasteiger partial charge in [-0.2, -0.15) is 0 Å². The van der Waals surface area contributed by atoms with E-state index in [9.17, 15) is 13.6 Å². The zero-order valence-corrected chi connectivity index (χ0v) is 11.1. The first-order valence-electron chi connectivity index (χ1n) is 6.33. The number of hydrogen-bond donors (Lipinski definition) is 3. The third-order valence-electron chi connectivity index (χ3n) is 2.82. The van der Waals surface area contributed by atoms with E-state index in [-0.39, 0.29) is 5.69 Å². The molecule has 0 atom stereocenters. The molecule has 0 unspecified atom stereocenters. The average Bonchev–Trinajstić information content (AvgIpc) is 2.46. The molecule has 0 saturated carbocycles. The van der Waals surface area contributed by atoms with Crippen LogP contribution in [0.15, 0.2) is 42.5 Å². The number of urea groups is 1. The van der Waals surface area contributed by atoms with E-state index in [0.29, 0.717) is 13.0 Å². The number of nitrogens with one attached hydrogen (secondary N) is 2. The fourth-order valence-corrected chi connectivity index (χ4v) is 1.78. The van der Waals surface area contributed by atoms with E-state index in [1.807, 2.05) is 30.3 Å². The summed E-state index contributed by atoms with van der Waals surface area (Å²) in [5.74, 6) is -3.32. The summed E-state index contributed by atoms with van der Waals surface area (Å²) in [4.78, 5) is 11.6. The Morgan fingerprint density at radius 1 is 1.10 bits per heavy atom. The molecule has 110 valence electrons. The van der Waals surface area contributed by atoms with E-state index in [2.05, 4.69) is 10.6 Å². The maximum absolute atomic E-state index is 13.1. The molecule has 21 heavy (non-hydrogen) atoms. The monoisotopic (exact) mass is 292 g/mol. The predicted octanol–water partition coefficient (Wildman–Crippen LogP) is 3.03. The van der Waals surface area contributed by atoms with Gasteiger partial charge in [-0.15, -0.1) is 0 Å². The van der Waals surface area contributed by atoms with Crippen LogP contribution in [-0.2, 0) is 6.42 Å². The van der Waals surface area contributed by atoms with Crippen LogP contribution in [-0.4, -0.2) is 17.7 Å². The SMILES string of the molecule is O=C(NCCc1ccccc1)Nc1cc(F)c(O)c(F)c1. The second-order valence-electron chi connectivity index (χ2n) is 4.40. The van der Waals surface area contributed by atoms with Crippen LogP contribution in [0.1, 0.15) is 5.56 Å². The van der Waals surface area contributed by atoms with Crippen LogP contribution in [0.3, 0.4) is 0 Å². The minimum Gasteiger partial charge on any atom is -0.503 e. The number of halogens is 2. The lowest BCUT2D eigenvalue weighted by Crippen LogP contribution is -2.30. The summed E-state index contributed by atoms with van der Waals surface area (Å²) in [6.07, 6.45) is 0.645. The molecule has 0 aliphatic carbocycles. The van der Waals surface area contributed by atoms with Gasteiger partial charge >= 0.3 is 6.03 Å². The van der Waals surface area contributed by atoms with E-state index < -0.39 is 23.4 Å². The molecular weight excluding hydrogens is 278 g/mol. The number of rotatable bonds is 4. The van der Waals surface area contributed by atoms with E-state index >= 15 is 0 Å². The van der Waals surface area contributed by atoms with Crippen LogP contribution in [0.25, 0.3) is 0 Å². The van der Waals surface area contributed by atoms with E-state index in [1.54, 1.807) is 0 Å². The minimum absolute atomic E-state index is 0.0694. The number of aromatic hydroxyl groups is 1. The van der Waals surface area contributed by atoms with Crippen molar-refractivity contribution in [3.05, 3.63) is 59.7 Å².